The summed E-state index contributed by atoms with van der Waals surface area (Å²) in [6.07, 6.45) is 0.0448. The minimum atomic E-state index is -4.19. The summed E-state index contributed by atoms with van der Waals surface area (Å²) in [6.45, 7) is 0.291. The van der Waals surface area contributed by atoms with Crippen LogP contribution in [0.5, 0.6) is 11.8 Å². The molecule has 0 bridgehead atoms. The van der Waals surface area contributed by atoms with Crippen LogP contribution in [-0.2, 0) is 6.61 Å². The smallest absolute Gasteiger partial charge is 0.401 e. The molecule has 3 aromatic rings. The first-order valence-electron chi connectivity index (χ1n) is 11.1. The quantitative estimate of drug-likeness (QED) is 0.465. The van der Waals surface area contributed by atoms with Crippen molar-refractivity contribution in [3.63, 3.8) is 0 Å². The average Bonchev–Trinajstić information content (AvgIpc) is 2.83. The van der Waals surface area contributed by atoms with Crippen LogP contribution in [0.2, 0.25) is 0 Å². The molecule has 1 saturated heterocycles. The highest BCUT2D eigenvalue weighted by Crippen LogP contribution is 2.29. The zero-order valence-electron chi connectivity index (χ0n) is 18.8. The van der Waals surface area contributed by atoms with E-state index in [1.54, 1.807) is 18.3 Å². The van der Waals surface area contributed by atoms with Gasteiger partial charge in [-0.2, -0.15) is 13.2 Å². The van der Waals surface area contributed by atoms with E-state index in [2.05, 4.69) is 15.0 Å². The van der Waals surface area contributed by atoms with E-state index in [-0.39, 0.29) is 35.7 Å². The Balaban J connectivity index is 1.35. The fraction of sp³-hybridized carbons (Fsp3) is 0.375. The summed E-state index contributed by atoms with van der Waals surface area (Å²) in [5, 5.41) is 0. The van der Waals surface area contributed by atoms with E-state index >= 15 is 0 Å². The lowest BCUT2D eigenvalue weighted by Gasteiger charge is -2.32. The largest absolute Gasteiger partial charge is 0.477 e. The van der Waals surface area contributed by atoms with Crippen LogP contribution < -0.4 is 15.2 Å². The van der Waals surface area contributed by atoms with E-state index in [1.807, 2.05) is 6.07 Å². The second-order valence-electron chi connectivity index (χ2n) is 8.35. The number of rotatable bonds is 8. The highest BCUT2D eigenvalue weighted by molar-refractivity contribution is 5.66. The average molecular weight is 491 g/mol. The molecule has 0 aliphatic carbocycles. The van der Waals surface area contributed by atoms with Gasteiger partial charge in [0.25, 0.3) is 0 Å². The van der Waals surface area contributed by atoms with Crippen molar-refractivity contribution in [1.82, 2.24) is 19.9 Å². The highest BCUT2D eigenvalue weighted by atomic mass is 19.4. The molecule has 0 atom stereocenters. The normalized spacial score (nSPS) is 15.2. The lowest BCUT2D eigenvalue weighted by atomic mass is 9.98. The molecule has 2 N–H and O–H groups in total. The van der Waals surface area contributed by atoms with E-state index in [4.69, 9.17) is 15.2 Å². The predicted octanol–water partition coefficient (Wildman–Crippen LogP) is 4.49. The second-order valence-corrected chi connectivity index (χ2v) is 8.35. The Morgan fingerprint density at radius 1 is 1.06 bits per heavy atom. The lowest BCUT2D eigenvalue weighted by Crippen LogP contribution is -2.41. The predicted molar refractivity (Wildman–Crippen MR) is 121 cm³/mol. The molecule has 186 valence electrons. The number of halogens is 4. The number of nitrogen functional groups attached to an aromatic ring is 1. The molecule has 0 spiro atoms. The molecule has 1 aliphatic rings. The molecular formula is C24H25F4N5O2. The Kier molecular flexibility index (Phi) is 7.64. The summed E-state index contributed by atoms with van der Waals surface area (Å²) in [5.41, 5.74) is 7.36. The highest BCUT2D eigenvalue weighted by Gasteiger charge is 2.32. The number of nitrogens with two attached hydrogens (primary N) is 1. The zero-order chi connectivity index (χ0) is 24.8. The molecular weight excluding hydrogens is 466 g/mol. The van der Waals surface area contributed by atoms with Crippen LogP contribution in [0.15, 0.2) is 48.8 Å². The standard InChI is InChI=1S/C24H25F4N5O2/c25-19-4-5-21(34-13-16-6-9-33(10-7-16)15-24(26,27)28)32-22(19)17-11-20(29)23(31-12-17)35-14-18-3-1-2-8-30-18/h1-5,8,11-12,16H,6-7,9-10,13-15,29H2. The minimum Gasteiger partial charge on any atom is -0.477 e. The van der Waals surface area contributed by atoms with Crippen molar-refractivity contribution in [2.75, 3.05) is 32.0 Å². The van der Waals surface area contributed by atoms with Gasteiger partial charge in [-0.3, -0.25) is 9.88 Å². The molecule has 0 amide bonds. The minimum absolute atomic E-state index is 0.0259. The third kappa shape index (κ3) is 7.01. The van der Waals surface area contributed by atoms with Crippen LogP contribution >= 0.6 is 0 Å². The lowest BCUT2D eigenvalue weighted by molar-refractivity contribution is -0.148. The fourth-order valence-corrected chi connectivity index (χ4v) is 3.82. The first kappa shape index (κ1) is 24.6. The Hall–Kier alpha value is -3.47. The molecule has 4 rings (SSSR count). The first-order valence-corrected chi connectivity index (χ1v) is 11.1. The third-order valence-corrected chi connectivity index (χ3v) is 5.63. The maximum atomic E-state index is 14.5. The number of aromatic nitrogens is 3. The number of hydrogen-bond acceptors (Lipinski definition) is 7. The number of ether oxygens (including phenoxy) is 2. The monoisotopic (exact) mass is 491 g/mol. The summed E-state index contributed by atoms with van der Waals surface area (Å²) in [5.74, 6) is -0.0546. The van der Waals surface area contributed by atoms with Gasteiger partial charge in [-0.05, 0) is 56.1 Å². The Bertz CT molecular complexity index is 1120. The summed E-state index contributed by atoms with van der Waals surface area (Å²) in [4.78, 5) is 14.0. The topological polar surface area (TPSA) is 86.4 Å². The summed E-state index contributed by atoms with van der Waals surface area (Å²) >= 11 is 0. The SMILES string of the molecule is Nc1cc(-c2nc(OCC3CCN(CC(F)(F)F)CC3)ccc2F)cnc1OCc1ccccn1. The van der Waals surface area contributed by atoms with Crippen LogP contribution in [0.4, 0.5) is 23.2 Å². The van der Waals surface area contributed by atoms with Crippen LogP contribution in [0.1, 0.15) is 18.5 Å². The van der Waals surface area contributed by atoms with Gasteiger partial charge in [0.1, 0.15) is 18.1 Å². The number of hydrogen-bond donors (Lipinski definition) is 1. The van der Waals surface area contributed by atoms with Gasteiger partial charge < -0.3 is 15.2 Å². The first-order chi connectivity index (χ1) is 16.8. The van der Waals surface area contributed by atoms with Crippen LogP contribution in [0.25, 0.3) is 11.3 Å². The Morgan fingerprint density at radius 2 is 1.86 bits per heavy atom. The molecule has 4 heterocycles. The van der Waals surface area contributed by atoms with Crippen LogP contribution in [-0.4, -0.2) is 52.3 Å². The van der Waals surface area contributed by atoms with Crippen molar-refractivity contribution in [2.45, 2.75) is 25.6 Å². The molecule has 3 aromatic heterocycles. The summed E-state index contributed by atoms with van der Waals surface area (Å²) in [7, 11) is 0. The molecule has 1 aliphatic heterocycles. The van der Waals surface area contributed by atoms with Gasteiger partial charge in [0.15, 0.2) is 0 Å². The second kappa shape index (κ2) is 10.9. The van der Waals surface area contributed by atoms with Gasteiger partial charge in [0.05, 0.1) is 24.5 Å². The van der Waals surface area contributed by atoms with Gasteiger partial charge >= 0.3 is 6.18 Å². The molecule has 7 nitrogen and oxygen atoms in total. The van der Waals surface area contributed by atoms with Gasteiger partial charge in [-0.1, -0.05) is 6.07 Å². The maximum absolute atomic E-state index is 14.5. The van der Waals surface area contributed by atoms with Gasteiger partial charge in [-0.25, -0.2) is 14.4 Å². The number of alkyl halides is 3. The molecule has 11 heteroatoms. The molecule has 0 aromatic carbocycles. The number of piperidine rings is 1. The van der Waals surface area contributed by atoms with Gasteiger partial charge in [-0.15, -0.1) is 0 Å². The molecule has 0 saturated carbocycles. The van der Waals surface area contributed by atoms with Crippen LogP contribution in [0.3, 0.4) is 0 Å². The summed E-state index contributed by atoms with van der Waals surface area (Å²) < 4.78 is 63.5. The number of likely N-dealkylation sites (tertiary alicyclic amines) is 1. The van der Waals surface area contributed by atoms with Gasteiger partial charge in [0, 0.05) is 24.0 Å². The number of nitrogens with zero attached hydrogens (tertiary/aromatic N) is 4. The number of pyridine rings is 3. The van der Waals surface area contributed by atoms with Crippen molar-refractivity contribution in [3.8, 4) is 23.0 Å². The number of anilines is 1. The summed E-state index contributed by atoms with van der Waals surface area (Å²) in [6, 6.07) is 9.62. The van der Waals surface area contributed by atoms with Crippen molar-refractivity contribution < 1.29 is 27.0 Å². The fourth-order valence-electron chi connectivity index (χ4n) is 3.82. The van der Waals surface area contributed by atoms with Crippen molar-refractivity contribution in [2.24, 2.45) is 5.92 Å². The van der Waals surface area contributed by atoms with E-state index in [9.17, 15) is 17.6 Å². The van der Waals surface area contributed by atoms with Crippen molar-refractivity contribution in [3.05, 3.63) is 60.3 Å². The maximum Gasteiger partial charge on any atom is 0.401 e. The van der Waals surface area contributed by atoms with Crippen molar-refractivity contribution >= 4 is 5.69 Å². The Labute approximate surface area is 199 Å². The van der Waals surface area contributed by atoms with Gasteiger partial charge in [0.2, 0.25) is 11.8 Å². The molecule has 0 radical (unpaired) electrons. The van der Waals surface area contributed by atoms with E-state index in [0.29, 0.717) is 43.8 Å². The molecule has 1 fully saturated rings. The Morgan fingerprint density at radius 3 is 2.54 bits per heavy atom. The van der Waals surface area contributed by atoms with E-state index < -0.39 is 18.5 Å². The van der Waals surface area contributed by atoms with E-state index in [1.165, 1.54) is 29.3 Å². The molecule has 0 unspecified atom stereocenters. The van der Waals surface area contributed by atoms with Crippen molar-refractivity contribution in [1.29, 1.82) is 0 Å². The zero-order valence-corrected chi connectivity index (χ0v) is 18.8. The van der Waals surface area contributed by atoms with Crippen LogP contribution in [0, 0.1) is 11.7 Å². The third-order valence-electron chi connectivity index (χ3n) is 5.63. The molecule has 35 heavy (non-hydrogen) atoms. The van der Waals surface area contributed by atoms with E-state index in [0.717, 1.165) is 0 Å².